The lowest BCUT2D eigenvalue weighted by molar-refractivity contribution is -0.118. The summed E-state index contributed by atoms with van der Waals surface area (Å²) in [5, 5.41) is 0. The molecule has 0 N–H and O–H groups in total. The van der Waals surface area contributed by atoms with Gasteiger partial charge in [0.1, 0.15) is 12.1 Å². The zero-order valence-corrected chi connectivity index (χ0v) is 14.8. The molecule has 4 rings (SSSR count). The van der Waals surface area contributed by atoms with E-state index < -0.39 is 11.7 Å². The van der Waals surface area contributed by atoms with Crippen LogP contribution >= 0.6 is 0 Å². The second-order valence-electron chi connectivity index (χ2n) is 7.35. The quantitative estimate of drug-likeness (QED) is 0.601. The topological polar surface area (TPSA) is 60.9 Å². The number of halogens is 1. The molecule has 138 valence electrons. The Hall–Kier alpha value is -2.44. The summed E-state index contributed by atoms with van der Waals surface area (Å²) < 4.78 is 15.1. The molecule has 0 spiro atoms. The molecule has 2 heterocycles. The van der Waals surface area contributed by atoms with Crippen LogP contribution in [-0.4, -0.2) is 62.1 Å². The lowest BCUT2D eigenvalue weighted by Crippen LogP contribution is -2.46. The van der Waals surface area contributed by atoms with Crippen molar-refractivity contribution in [3.63, 3.8) is 0 Å². The molecule has 1 atom stereocenters. The van der Waals surface area contributed by atoms with Crippen molar-refractivity contribution in [2.75, 3.05) is 42.5 Å². The van der Waals surface area contributed by atoms with Gasteiger partial charge < -0.3 is 19.5 Å². The van der Waals surface area contributed by atoms with Crippen molar-refractivity contribution in [2.24, 2.45) is 5.92 Å². The minimum absolute atomic E-state index is 0.277. The molecular weight excluding hydrogens is 337 g/mol. The van der Waals surface area contributed by atoms with Crippen LogP contribution < -0.4 is 9.80 Å². The van der Waals surface area contributed by atoms with Gasteiger partial charge in [-0.3, -0.25) is 9.59 Å². The SMILES string of the molecule is Cc1c(F)c(N2CCN(C=O)CC2)cc2c1C(=O)C(C=O)CN2C1CC1. The largest absolute Gasteiger partial charge is 0.367 e. The highest BCUT2D eigenvalue weighted by Gasteiger charge is 2.41. The summed E-state index contributed by atoms with van der Waals surface area (Å²) in [5.41, 5.74) is 1.91. The molecule has 1 aliphatic carbocycles. The van der Waals surface area contributed by atoms with E-state index in [-0.39, 0.29) is 5.78 Å². The number of fused-ring (bicyclic) bond motifs is 1. The molecule has 2 fully saturated rings. The van der Waals surface area contributed by atoms with Crippen molar-refractivity contribution < 1.29 is 18.8 Å². The fourth-order valence-electron chi connectivity index (χ4n) is 4.01. The number of nitrogens with zero attached hydrogens (tertiary/aromatic N) is 3. The third kappa shape index (κ3) is 2.66. The van der Waals surface area contributed by atoms with Gasteiger partial charge in [-0.1, -0.05) is 0 Å². The molecule has 0 radical (unpaired) electrons. The average Bonchev–Trinajstić information content (AvgIpc) is 3.50. The lowest BCUT2D eigenvalue weighted by Gasteiger charge is -2.38. The van der Waals surface area contributed by atoms with Gasteiger partial charge in [-0.25, -0.2) is 4.39 Å². The lowest BCUT2D eigenvalue weighted by atomic mass is 9.88. The Balaban J connectivity index is 1.76. The number of rotatable bonds is 4. The predicted octanol–water partition coefficient (Wildman–Crippen LogP) is 1.39. The monoisotopic (exact) mass is 359 g/mol. The first-order valence-corrected chi connectivity index (χ1v) is 9.08. The van der Waals surface area contributed by atoms with Crippen molar-refractivity contribution in [2.45, 2.75) is 25.8 Å². The molecule has 1 unspecified atom stereocenters. The smallest absolute Gasteiger partial charge is 0.209 e. The summed E-state index contributed by atoms with van der Waals surface area (Å²) in [7, 11) is 0. The van der Waals surface area contributed by atoms with Crippen molar-refractivity contribution in [3.05, 3.63) is 23.0 Å². The Morgan fingerprint density at radius 1 is 1.12 bits per heavy atom. The summed E-state index contributed by atoms with van der Waals surface area (Å²) in [6.45, 7) is 4.22. The second kappa shape index (κ2) is 6.37. The number of Topliss-reactive ketones (excluding diaryl/α,β-unsaturated/α-hetero) is 1. The summed E-state index contributed by atoms with van der Waals surface area (Å²) >= 11 is 0. The highest BCUT2D eigenvalue weighted by Crippen LogP contribution is 2.42. The number of ketones is 1. The van der Waals surface area contributed by atoms with Gasteiger partial charge in [0.05, 0.1) is 17.3 Å². The molecule has 1 aromatic rings. The molecule has 3 aliphatic rings. The molecule has 26 heavy (non-hydrogen) atoms. The Bertz CT molecular complexity index is 770. The molecule has 1 saturated heterocycles. The van der Waals surface area contributed by atoms with Crippen molar-refractivity contribution in [1.82, 2.24) is 4.90 Å². The Kier molecular flexibility index (Phi) is 4.17. The summed E-state index contributed by atoms with van der Waals surface area (Å²) in [6.07, 6.45) is 3.56. The zero-order chi connectivity index (χ0) is 18.4. The van der Waals surface area contributed by atoms with Gasteiger partial charge in [0.15, 0.2) is 5.78 Å². The summed E-state index contributed by atoms with van der Waals surface area (Å²) in [4.78, 5) is 40.7. The normalized spacial score (nSPS) is 23.1. The van der Waals surface area contributed by atoms with E-state index >= 15 is 4.39 Å². The van der Waals surface area contributed by atoms with Crippen LogP contribution in [0.15, 0.2) is 6.07 Å². The molecular formula is C19H22FN3O3. The number of anilines is 2. The molecule has 0 bridgehead atoms. The highest BCUT2D eigenvalue weighted by atomic mass is 19.1. The molecule has 0 aromatic heterocycles. The van der Waals surface area contributed by atoms with E-state index in [0.717, 1.165) is 24.9 Å². The second-order valence-corrected chi connectivity index (χ2v) is 7.35. The van der Waals surface area contributed by atoms with Gasteiger partial charge >= 0.3 is 0 Å². The van der Waals surface area contributed by atoms with Gasteiger partial charge in [-0.2, -0.15) is 0 Å². The van der Waals surface area contributed by atoms with Crippen molar-refractivity contribution >= 4 is 29.9 Å². The van der Waals surface area contributed by atoms with Crippen molar-refractivity contribution in [1.29, 1.82) is 0 Å². The van der Waals surface area contributed by atoms with Crippen LogP contribution in [0.4, 0.5) is 15.8 Å². The Morgan fingerprint density at radius 3 is 2.38 bits per heavy atom. The van der Waals surface area contributed by atoms with E-state index in [0.29, 0.717) is 61.9 Å². The third-order valence-electron chi connectivity index (χ3n) is 5.70. The van der Waals surface area contributed by atoms with Gasteiger partial charge in [-0.15, -0.1) is 0 Å². The van der Waals surface area contributed by atoms with E-state index in [4.69, 9.17) is 0 Å². The maximum atomic E-state index is 15.1. The average molecular weight is 359 g/mol. The summed E-state index contributed by atoms with van der Waals surface area (Å²) in [6, 6.07) is 2.10. The van der Waals surface area contributed by atoms with E-state index in [1.807, 2.05) is 4.90 Å². The number of aldehydes is 1. The maximum absolute atomic E-state index is 15.1. The molecule has 6 nitrogen and oxygen atoms in total. The molecule has 1 amide bonds. The fourth-order valence-corrected chi connectivity index (χ4v) is 4.01. The fraction of sp³-hybridized carbons (Fsp3) is 0.526. The number of hydrogen-bond acceptors (Lipinski definition) is 5. The van der Waals surface area contributed by atoms with Crippen LogP contribution in [0.3, 0.4) is 0 Å². The molecule has 1 saturated carbocycles. The number of amides is 1. The zero-order valence-electron chi connectivity index (χ0n) is 14.8. The van der Waals surface area contributed by atoms with Gasteiger partial charge in [0.2, 0.25) is 6.41 Å². The maximum Gasteiger partial charge on any atom is 0.209 e. The predicted molar refractivity (Wildman–Crippen MR) is 95.2 cm³/mol. The van der Waals surface area contributed by atoms with E-state index in [9.17, 15) is 14.4 Å². The van der Waals surface area contributed by atoms with Gasteiger partial charge in [0, 0.05) is 44.3 Å². The van der Waals surface area contributed by atoms with E-state index in [1.54, 1.807) is 17.9 Å². The third-order valence-corrected chi connectivity index (χ3v) is 5.70. The number of carbonyl (C=O) groups is 3. The summed E-state index contributed by atoms with van der Waals surface area (Å²) in [5.74, 6) is -1.40. The number of benzene rings is 1. The Labute approximate surface area is 151 Å². The molecule has 2 aliphatic heterocycles. The molecule has 7 heteroatoms. The molecule has 1 aromatic carbocycles. The number of carbonyl (C=O) groups excluding carboxylic acids is 3. The van der Waals surface area contributed by atoms with Crippen molar-refractivity contribution in [3.8, 4) is 0 Å². The van der Waals surface area contributed by atoms with Crippen LogP contribution in [0.2, 0.25) is 0 Å². The Morgan fingerprint density at radius 2 is 1.81 bits per heavy atom. The van der Waals surface area contributed by atoms with E-state index in [1.165, 1.54) is 0 Å². The van der Waals surface area contributed by atoms with E-state index in [2.05, 4.69) is 4.90 Å². The first-order chi connectivity index (χ1) is 12.5. The van der Waals surface area contributed by atoms with Crippen LogP contribution in [0.25, 0.3) is 0 Å². The first-order valence-electron chi connectivity index (χ1n) is 9.08. The van der Waals surface area contributed by atoms with Crippen LogP contribution in [0.5, 0.6) is 0 Å². The van der Waals surface area contributed by atoms with Gasteiger partial charge in [-0.05, 0) is 31.4 Å². The van der Waals surface area contributed by atoms with Gasteiger partial charge in [0.25, 0.3) is 0 Å². The van der Waals surface area contributed by atoms with Crippen LogP contribution in [0, 0.1) is 18.7 Å². The standard InChI is InChI=1S/C19H22FN3O3/c1-12-17-15(23(14-2-3-14)9-13(10-24)19(17)26)8-16(18(12)20)22-6-4-21(11-25)5-7-22/h8,10-11,13-14H,2-7,9H2,1H3. The van der Waals surface area contributed by atoms with Crippen LogP contribution in [-0.2, 0) is 9.59 Å². The minimum Gasteiger partial charge on any atom is -0.367 e. The van der Waals surface area contributed by atoms with Crippen LogP contribution in [0.1, 0.15) is 28.8 Å². The number of hydrogen-bond donors (Lipinski definition) is 0. The minimum atomic E-state index is -0.719. The number of piperazine rings is 1. The first kappa shape index (κ1) is 17.0. The highest BCUT2D eigenvalue weighted by molar-refractivity contribution is 6.12.